The molecule has 6 heteroatoms. The number of nitrogens with zero attached hydrogens (tertiary/aromatic N) is 2. The Labute approximate surface area is 164 Å². The summed E-state index contributed by atoms with van der Waals surface area (Å²) in [6, 6.07) is 10.5. The average molecular weight is 386 g/mol. The molecule has 2 saturated heterocycles. The fraction of sp³-hybridized carbons (Fsp3) is 0.476. The molecular formula is C21H27N3O2S. The number of carbonyl (C=O) groups is 1. The predicted octanol–water partition coefficient (Wildman–Crippen LogP) is 4.02. The molecule has 27 heavy (non-hydrogen) atoms. The topological polar surface area (TPSA) is 44.8 Å². The Morgan fingerprint density at radius 3 is 2.81 bits per heavy atom. The quantitative estimate of drug-likeness (QED) is 0.865. The van der Waals surface area contributed by atoms with Gasteiger partial charge in [-0.1, -0.05) is 18.2 Å². The van der Waals surface area contributed by atoms with Crippen LogP contribution in [0.1, 0.15) is 36.5 Å². The van der Waals surface area contributed by atoms with E-state index in [0.29, 0.717) is 26.2 Å². The lowest BCUT2D eigenvalue weighted by Gasteiger charge is -2.33. The van der Waals surface area contributed by atoms with Crippen molar-refractivity contribution >= 4 is 23.1 Å². The molecule has 0 aliphatic carbocycles. The van der Waals surface area contributed by atoms with Crippen molar-refractivity contribution in [1.29, 1.82) is 0 Å². The first-order valence-corrected chi connectivity index (χ1v) is 10.7. The van der Waals surface area contributed by atoms with Crippen LogP contribution in [0.3, 0.4) is 0 Å². The van der Waals surface area contributed by atoms with E-state index in [1.807, 2.05) is 4.90 Å². The van der Waals surface area contributed by atoms with E-state index in [2.05, 4.69) is 51.3 Å². The summed E-state index contributed by atoms with van der Waals surface area (Å²) >= 11 is 1.66. The van der Waals surface area contributed by atoms with Crippen LogP contribution < -0.4 is 10.2 Å². The highest BCUT2D eigenvalue weighted by Crippen LogP contribution is 2.25. The van der Waals surface area contributed by atoms with Crippen molar-refractivity contribution in [2.75, 3.05) is 37.7 Å². The van der Waals surface area contributed by atoms with Crippen molar-refractivity contribution in [3.05, 3.63) is 52.2 Å². The van der Waals surface area contributed by atoms with Crippen molar-refractivity contribution in [2.24, 2.45) is 0 Å². The Morgan fingerprint density at radius 2 is 2.00 bits per heavy atom. The molecular weight excluding hydrogens is 358 g/mol. The summed E-state index contributed by atoms with van der Waals surface area (Å²) in [5, 5.41) is 7.27. The number of ether oxygens (including phenoxy) is 1. The molecule has 1 atom stereocenters. The van der Waals surface area contributed by atoms with Crippen molar-refractivity contribution in [3.8, 4) is 0 Å². The number of piperidine rings is 1. The van der Waals surface area contributed by atoms with Gasteiger partial charge in [0.1, 0.15) is 6.10 Å². The van der Waals surface area contributed by atoms with Gasteiger partial charge in [-0.3, -0.25) is 0 Å². The molecule has 0 radical (unpaired) electrons. The number of para-hydroxylation sites is 1. The second-order valence-corrected chi connectivity index (χ2v) is 7.98. The number of urea groups is 1. The van der Waals surface area contributed by atoms with Crippen molar-refractivity contribution in [1.82, 2.24) is 10.2 Å². The summed E-state index contributed by atoms with van der Waals surface area (Å²) < 4.78 is 5.84. The van der Waals surface area contributed by atoms with Crippen LogP contribution in [-0.2, 0) is 11.3 Å². The molecule has 1 unspecified atom stereocenters. The second-order valence-electron chi connectivity index (χ2n) is 7.20. The molecule has 4 rings (SSSR count). The van der Waals surface area contributed by atoms with Gasteiger partial charge in [0.05, 0.1) is 13.2 Å². The third kappa shape index (κ3) is 4.45. The summed E-state index contributed by atoms with van der Waals surface area (Å²) in [5.41, 5.74) is 3.61. The number of nitrogens with one attached hydrogen (secondary N) is 1. The molecule has 5 nitrogen and oxygen atoms in total. The van der Waals surface area contributed by atoms with E-state index in [-0.39, 0.29) is 12.1 Å². The second kappa shape index (κ2) is 8.76. The zero-order chi connectivity index (χ0) is 18.5. The summed E-state index contributed by atoms with van der Waals surface area (Å²) in [6.07, 6.45) is 3.80. The van der Waals surface area contributed by atoms with Crippen LogP contribution in [0, 0.1) is 0 Å². The van der Waals surface area contributed by atoms with Gasteiger partial charge in [-0.15, -0.1) is 0 Å². The number of carbonyl (C=O) groups excluding carboxylic acids is 1. The van der Waals surface area contributed by atoms with Gasteiger partial charge in [0.2, 0.25) is 0 Å². The number of anilines is 1. The minimum Gasteiger partial charge on any atom is -0.371 e. The first-order chi connectivity index (χ1) is 13.3. The molecule has 2 amide bonds. The standard InChI is InChI=1S/C21H27N3O2S/c25-21(24-11-12-26-20(15-24)18-8-13-27-16-18)22-14-17-6-2-3-7-19(17)23-9-4-1-5-10-23/h2-3,6-8,13,16,20H,1,4-5,9-12,14-15H2,(H,22,25). The van der Waals surface area contributed by atoms with Gasteiger partial charge < -0.3 is 19.9 Å². The normalized spacial score (nSPS) is 20.5. The van der Waals surface area contributed by atoms with Gasteiger partial charge in [-0.05, 0) is 53.3 Å². The first kappa shape index (κ1) is 18.3. The maximum atomic E-state index is 12.7. The summed E-state index contributed by atoms with van der Waals surface area (Å²) in [4.78, 5) is 17.0. The van der Waals surface area contributed by atoms with E-state index in [1.54, 1.807) is 11.3 Å². The van der Waals surface area contributed by atoms with Crippen molar-refractivity contribution in [2.45, 2.75) is 31.9 Å². The van der Waals surface area contributed by atoms with Crippen LogP contribution in [-0.4, -0.2) is 43.7 Å². The average Bonchev–Trinajstić information content (AvgIpc) is 3.28. The lowest BCUT2D eigenvalue weighted by atomic mass is 10.1. The van der Waals surface area contributed by atoms with Crippen molar-refractivity contribution < 1.29 is 9.53 Å². The van der Waals surface area contributed by atoms with Gasteiger partial charge >= 0.3 is 6.03 Å². The van der Waals surface area contributed by atoms with E-state index < -0.39 is 0 Å². The third-order valence-electron chi connectivity index (χ3n) is 5.39. The molecule has 1 aromatic carbocycles. The maximum absolute atomic E-state index is 12.7. The number of hydrogen-bond acceptors (Lipinski definition) is 4. The van der Waals surface area contributed by atoms with Crippen LogP contribution >= 0.6 is 11.3 Å². The highest BCUT2D eigenvalue weighted by molar-refractivity contribution is 7.07. The van der Waals surface area contributed by atoms with Crippen LogP contribution in [0.15, 0.2) is 41.1 Å². The van der Waals surface area contributed by atoms with Gasteiger partial charge in [0.25, 0.3) is 0 Å². The number of amides is 2. The minimum absolute atomic E-state index is 0.00743. The van der Waals surface area contributed by atoms with E-state index >= 15 is 0 Å². The number of morpholine rings is 1. The van der Waals surface area contributed by atoms with Crippen molar-refractivity contribution in [3.63, 3.8) is 0 Å². The number of hydrogen-bond donors (Lipinski definition) is 1. The summed E-state index contributed by atoms with van der Waals surface area (Å²) in [5.74, 6) is 0. The highest BCUT2D eigenvalue weighted by atomic mass is 32.1. The zero-order valence-corrected chi connectivity index (χ0v) is 16.4. The molecule has 2 aliphatic rings. The highest BCUT2D eigenvalue weighted by Gasteiger charge is 2.25. The van der Waals surface area contributed by atoms with Gasteiger partial charge in [-0.2, -0.15) is 11.3 Å². The summed E-state index contributed by atoms with van der Waals surface area (Å²) in [6.45, 7) is 4.61. The molecule has 0 saturated carbocycles. The Hall–Kier alpha value is -2.05. The Morgan fingerprint density at radius 1 is 1.15 bits per heavy atom. The third-order valence-corrected chi connectivity index (χ3v) is 6.09. The number of rotatable bonds is 4. The Balaban J connectivity index is 1.36. The predicted molar refractivity (Wildman–Crippen MR) is 109 cm³/mol. The fourth-order valence-electron chi connectivity index (χ4n) is 3.88. The molecule has 2 fully saturated rings. The van der Waals surface area contributed by atoms with Crippen LogP contribution in [0.5, 0.6) is 0 Å². The van der Waals surface area contributed by atoms with E-state index in [4.69, 9.17) is 4.74 Å². The number of thiophene rings is 1. The van der Waals surface area contributed by atoms with E-state index in [1.165, 1.54) is 30.5 Å². The molecule has 0 bridgehead atoms. The Kier molecular flexibility index (Phi) is 5.94. The lowest BCUT2D eigenvalue weighted by molar-refractivity contribution is -0.0152. The van der Waals surface area contributed by atoms with Crippen LogP contribution in [0.2, 0.25) is 0 Å². The first-order valence-electron chi connectivity index (χ1n) is 9.80. The SMILES string of the molecule is O=C(NCc1ccccc1N1CCCCC1)N1CCOC(c2ccsc2)C1. The smallest absolute Gasteiger partial charge is 0.317 e. The molecule has 1 aromatic heterocycles. The van der Waals surface area contributed by atoms with E-state index in [0.717, 1.165) is 18.7 Å². The van der Waals surface area contributed by atoms with Gasteiger partial charge in [0, 0.05) is 31.9 Å². The maximum Gasteiger partial charge on any atom is 0.317 e. The van der Waals surface area contributed by atoms with Gasteiger partial charge in [0.15, 0.2) is 0 Å². The van der Waals surface area contributed by atoms with E-state index in [9.17, 15) is 4.79 Å². The Bertz CT molecular complexity index is 744. The molecule has 2 aromatic rings. The molecule has 0 spiro atoms. The summed E-state index contributed by atoms with van der Waals surface area (Å²) in [7, 11) is 0. The fourth-order valence-corrected chi connectivity index (χ4v) is 4.58. The molecule has 144 valence electrons. The van der Waals surface area contributed by atoms with Gasteiger partial charge in [-0.25, -0.2) is 4.79 Å². The van der Waals surface area contributed by atoms with Crippen LogP contribution in [0.25, 0.3) is 0 Å². The zero-order valence-electron chi connectivity index (χ0n) is 15.6. The number of benzene rings is 1. The van der Waals surface area contributed by atoms with Crippen LogP contribution in [0.4, 0.5) is 10.5 Å². The lowest BCUT2D eigenvalue weighted by Crippen LogP contribution is -2.47. The largest absolute Gasteiger partial charge is 0.371 e. The molecule has 2 aliphatic heterocycles. The monoisotopic (exact) mass is 385 g/mol. The minimum atomic E-state index is -0.0172. The molecule has 3 heterocycles. The molecule has 1 N–H and O–H groups in total.